The van der Waals surface area contributed by atoms with Crippen LogP contribution in [0.4, 0.5) is 0 Å². The van der Waals surface area contributed by atoms with Crippen LogP contribution >= 0.6 is 0 Å². The first kappa shape index (κ1) is 12.6. The Hall–Kier alpha value is -1.83. The molecular formula is C16H18O2. The molecule has 0 saturated heterocycles. The van der Waals surface area contributed by atoms with Gasteiger partial charge in [0.1, 0.15) is 11.5 Å². The summed E-state index contributed by atoms with van der Waals surface area (Å²) in [6.07, 6.45) is 5.53. The number of hydrogen-bond donors (Lipinski definition) is 0. The molecule has 2 rings (SSSR count). The molecule has 0 aliphatic carbocycles. The number of Topliss-reactive ketones (excluding diaryl/α,β-unsaturated/α-hetero) is 1. The summed E-state index contributed by atoms with van der Waals surface area (Å²) in [4.78, 5) is 11.7. The lowest BCUT2D eigenvalue weighted by atomic mass is 10.0. The third-order valence-electron chi connectivity index (χ3n) is 2.99. The van der Waals surface area contributed by atoms with Gasteiger partial charge in [-0.15, -0.1) is 0 Å². The summed E-state index contributed by atoms with van der Waals surface area (Å²) >= 11 is 0. The summed E-state index contributed by atoms with van der Waals surface area (Å²) in [6.45, 7) is 0. The van der Waals surface area contributed by atoms with Gasteiger partial charge in [-0.2, -0.15) is 0 Å². The molecule has 0 aliphatic heterocycles. The van der Waals surface area contributed by atoms with Crippen LogP contribution in [-0.2, 0) is 17.6 Å². The van der Waals surface area contributed by atoms with Gasteiger partial charge in [0.05, 0.1) is 6.26 Å². The second kappa shape index (κ2) is 6.80. The number of carbonyl (C=O) groups excluding carboxylic acids is 1. The SMILES string of the molecule is O=C(CCCc1ccccc1)CCc1ccco1. The van der Waals surface area contributed by atoms with Gasteiger partial charge in [-0.3, -0.25) is 4.79 Å². The summed E-state index contributed by atoms with van der Waals surface area (Å²) < 4.78 is 5.21. The third-order valence-corrected chi connectivity index (χ3v) is 2.99. The van der Waals surface area contributed by atoms with Crippen LogP contribution < -0.4 is 0 Å². The maximum atomic E-state index is 11.7. The van der Waals surface area contributed by atoms with Crippen molar-refractivity contribution in [3.05, 3.63) is 60.1 Å². The van der Waals surface area contributed by atoms with Gasteiger partial charge in [-0.25, -0.2) is 0 Å². The van der Waals surface area contributed by atoms with Gasteiger partial charge in [-0.1, -0.05) is 30.3 Å². The molecule has 0 radical (unpaired) electrons. The van der Waals surface area contributed by atoms with Crippen LogP contribution in [0.1, 0.15) is 30.6 Å². The molecule has 2 heteroatoms. The van der Waals surface area contributed by atoms with Crippen LogP contribution in [-0.4, -0.2) is 5.78 Å². The first-order valence-electron chi connectivity index (χ1n) is 6.42. The van der Waals surface area contributed by atoms with E-state index >= 15 is 0 Å². The summed E-state index contributed by atoms with van der Waals surface area (Å²) in [5, 5.41) is 0. The zero-order valence-corrected chi connectivity index (χ0v) is 10.5. The van der Waals surface area contributed by atoms with E-state index in [9.17, 15) is 4.79 Å². The van der Waals surface area contributed by atoms with Crippen molar-refractivity contribution in [3.8, 4) is 0 Å². The minimum absolute atomic E-state index is 0.322. The average molecular weight is 242 g/mol. The van der Waals surface area contributed by atoms with Gasteiger partial charge in [0, 0.05) is 19.3 Å². The van der Waals surface area contributed by atoms with Crippen molar-refractivity contribution < 1.29 is 9.21 Å². The number of rotatable bonds is 7. The number of furan rings is 1. The predicted molar refractivity (Wildman–Crippen MR) is 71.4 cm³/mol. The Morgan fingerprint density at radius 3 is 2.50 bits per heavy atom. The molecule has 0 atom stereocenters. The summed E-state index contributed by atoms with van der Waals surface area (Å²) in [5.41, 5.74) is 1.30. The molecule has 0 N–H and O–H groups in total. The molecule has 0 fully saturated rings. The topological polar surface area (TPSA) is 30.2 Å². The minimum Gasteiger partial charge on any atom is -0.469 e. The number of hydrogen-bond acceptors (Lipinski definition) is 2. The molecule has 94 valence electrons. The van der Waals surface area contributed by atoms with E-state index in [4.69, 9.17) is 4.42 Å². The summed E-state index contributed by atoms with van der Waals surface area (Å²) in [5.74, 6) is 1.22. The van der Waals surface area contributed by atoms with Crippen molar-refractivity contribution in [2.45, 2.75) is 32.1 Å². The molecule has 0 unspecified atom stereocenters. The number of aryl methyl sites for hydroxylation is 2. The Morgan fingerprint density at radius 2 is 1.78 bits per heavy atom. The first-order valence-corrected chi connectivity index (χ1v) is 6.42. The molecule has 0 saturated carbocycles. The fourth-order valence-electron chi connectivity index (χ4n) is 1.98. The van der Waals surface area contributed by atoms with E-state index in [2.05, 4.69) is 12.1 Å². The van der Waals surface area contributed by atoms with Gasteiger partial charge in [0.15, 0.2) is 0 Å². The average Bonchev–Trinajstić information content (AvgIpc) is 2.91. The van der Waals surface area contributed by atoms with Crippen LogP contribution in [0.3, 0.4) is 0 Å². The Morgan fingerprint density at radius 1 is 0.944 bits per heavy atom. The highest BCUT2D eigenvalue weighted by molar-refractivity contribution is 5.78. The Balaban J connectivity index is 1.63. The smallest absolute Gasteiger partial charge is 0.133 e. The van der Waals surface area contributed by atoms with Crippen molar-refractivity contribution in [3.63, 3.8) is 0 Å². The molecule has 0 bridgehead atoms. The zero-order valence-electron chi connectivity index (χ0n) is 10.5. The molecule has 0 aliphatic rings. The van der Waals surface area contributed by atoms with Crippen molar-refractivity contribution in [2.24, 2.45) is 0 Å². The number of ketones is 1. The molecule has 18 heavy (non-hydrogen) atoms. The molecule has 0 amide bonds. The highest BCUT2D eigenvalue weighted by Crippen LogP contribution is 2.08. The second-order valence-electron chi connectivity index (χ2n) is 4.46. The van der Waals surface area contributed by atoms with E-state index in [1.807, 2.05) is 30.3 Å². The van der Waals surface area contributed by atoms with Gasteiger partial charge >= 0.3 is 0 Å². The zero-order chi connectivity index (χ0) is 12.6. The lowest BCUT2D eigenvalue weighted by Gasteiger charge is -2.01. The van der Waals surface area contributed by atoms with E-state index in [1.54, 1.807) is 6.26 Å². The minimum atomic E-state index is 0.322. The molecule has 0 spiro atoms. The summed E-state index contributed by atoms with van der Waals surface area (Å²) in [7, 11) is 0. The second-order valence-corrected chi connectivity index (χ2v) is 4.46. The number of benzene rings is 1. The monoisotopic (exact) mass is 242 g/mol. The molecular weight excluding hydrogens is 224 g/mol. The Kier molecular flexibility index (Phi) is 4.77. The van der Waals surface area contributed by atoms with Gasteiger partial charge in [0.2, 0.25) is 0 Å². The van der Waals surface area contributed by atoms with Crippen molar-refractivity contribution >= 4 is 5.78 Å². The van der Waals surface area contributed by atoms with Gasteiger partial charge in [-0.05, 0) is 30.5 Å². The quantitative estimate of drug-likeness (QED) is 0.739. The summed E-state index contributed by atoms with van der Waals surface area (Å²) in [6, 6.07) is 14.1. The fraction of sp³-hybridized carbons (Fsp3) is 0.312. The molecule has 1 aromatic heterocycles. The highest BCUT2D eigenvalue weighted by Gasteiger charge is 2.04. The molecule has 1 heterocycles. The van der Waals surface area contributed by atoms with E-state index in [0.717, 1.165) is 25.0 Å². The van der Waals surface area contributed by atoms with Crippen LogP contribution in [0, 0.1) is 0 Å². The Labute approximate surface area is 108 Å². The molecule has 1 aromatic carbocycles. The van der Waals surface area contributed by atoms with Crippen LogP contribution in [0.5, 0.6) is 0 Å². The molecule has 2 nitrogen and oxygen atoms in total. The van der Waals surface area contributed by atoms with Crippen LogP contribution in [0.15, 0.2) is 53.1 Å². The predicted octanol–water partition coefficient (Wildman–Crippen LogP) is 3.80. The van der Waals surface area contributed by atoms with E-state index in [0.29, 0.717) is 18.6 Å². The fourth-order valence-corrected chi connectivity index (χ4v) is 1.98. The van der Waals surface area contributed by atoms with Crippen molar-refractivity contribution in [1.29, 1.82) is 0 Å². The highest BCUT2D eigenvalue weighted by atomic mass is 16.3. The van der Waals surface area contributed by atoms with Crippen LogP contribution in [0.2, 0.25) is 0 Å². The lowest BCUT2D eigenvalue weighted by molar-refractivity contribution is -0.119. The van der Waals surface area contributed by atoms with E-state index < -0.39 is 0 Å². The van der Waals surface area contributed by atoms with Gasteiger partial charge < -0.3 is 4.42 Å². The largest absolute Gasteiger partial charge is 0.469 e. The normalized spacial score (nSPS) is 10.4. The first-order chi connectivity index (χ1) is 8.84. The molecule has 2 aromatic rings. The third kappa shape index (κ3) is 4.21. The van der Waals surface area contributed by atoms with E-state index in [1.165, 1.54) is 5.56 Å². The maximum Gasteiger partial charge on any atom is 0.133 e. The van der Waals surface area contributed by atoms with Crippen molar-refractivity contribution in [2.75, 3.05) is 0 Å². The van der Waals surface area contributed by atoms with E-state index in [-0.39, 0.29) is 0 Å². The number of carbonyl (C=O) groups is 1. The maximum absolute atomic E-state index is 11.7. The lowest BCUT2D eigenvalue weighted by Crippen LogP contribution is -2.00. The van der Waals surface area contributed by atoms with Crippen LogP contribution in [0.25, 0.3) is 0 Å². The van der Waals surface area contributed by atoms with Gasteiger partial charge in [0.25, 0.3) is 0 Å². The standard InChI is InChI=1S/C16H18O2/c17-15(11-12-16-10-5-13-18-16)9-4-8-14-6-2-1-3-7-14/h1-3,5-7,10,13H,4,8-9,11-12H2. The van der Waals surface area contributed by atoms with Crippen molar-refractivity contribution in [1.82, 2.24) is 0 Å². The Bertz CT molecular complexity index is 457.